The lowest BCUT2D eigenvalue weighted by Crippen LogP contribution is -2.46. The molecule has 1 aromatic carbocycles. The summed E-state index contributed by atoms with van der Waals surface area (Å²) >= 11 is 1.12. The number of fused-ring (bicyclic) bond motifs is 2. The van der Waals surface area contributed by atoms with E-state index in [0.717, 1.165) is 86.9 Å². The highest BCUT2D eigenvalue weighted by Gasteiger charge is 2.48. The Labute approximate surface area is 469 Å². The normalized spacial score (nSPS) is 18.8. The average molecular weight is 1240 g/mol. The van der Waals surface area contributed by atoms with Crippen LogP contribution in [-0.2, 0) is 50.7 Å². The number of imidazole rings is 1. The number of ether oxygens (including phenoxy) is 1. The van der Waals surface area contributed by atoms with Gasteiger partial charge in [0, 0.05) is 49.7 Å². The number of nitro groups is 1. The fraction of sp³-hybridized carbons (Fsp3) is 0.674. The van der Waals surface area contributed by atoms with Gasteiger partial charge in [0.05, 0.1) is 30.2 Å². The van der Waals surface area contributed by atoms with Crippen molar-refractivity contribution in [2.24, 2.45) is 5.41 Å². The number of benzene rings is 1. The van der Waals surface area contributed by atoms with Gasteiger partial charge in [-0.15, -0.1) is 0 Å². The lowest BCUT2D eigenvalue weighted by molar-refractivity contribution is -0.383. The number of anilines is 2. The molecular formula is C43H77N14O20P3S. The molecule has 8 atom stereocenters. The number of nitrogens with zero attached hydrogens (tertiary/aromatic N) is 7. The van der Waals surface area contributed by atoms with Crippen molar-refractivity contribution in [1.82, 2.24) is 58.9 Å². The second-order valence-corrected chi connectivity index (χ2v) is 24.1. The highest BCUT2D eigenvalue weighted by molar-refractivity contribution is 8.13. The lowest BCUT2D eigenvalue weighted by Gasteiger charge is -2.35. The number of rotatable bonds is 37. The summed E-state index contributed by atoms with van der Waals surface area (Å²) in [6.45, 7) is 0.852. The lowest BCUT2D eigenvalue weighted by atomic mass is 9.87. The molecule has 1 aliphatic rings. The van der Waals surface area contributed by atoms with Gasteiger partial charge < -0.3 is 88.2 Å². The number of hydrogen-bond acceptors (Lipinski definition) is 27. The van der Waals surface area contributed by atoms with Crippen LogP contribution in [-0.4, -0.2) is 130 Å². The number of nitro benzene ring substituents is 1. The van der Waals surface area contributed by atoms with Crippen molar-refractivity contribution in [3.05, 3.63) is 34.9 Å². The van der Waals surface area contributed by atoms with Crippen molar-refractivity contribution in [2.45, 2.75) is 141 Å². The predicted molar refractivity (Wildman–Crippen MR) is 290 cm³/mol. The van der Waals surface area contributed by atoms with Gasteiger partial charge in [0.25, 0.3) is 23.5 Å². The molecule has 0 aliphatic carbocycles. The van der Waals surface area contributed by atoms with Crippen molar-refractivity contribution >= 4 is 91.5 Å². The van der Waals surface area contributed by atoms with Gasteiger partial charge in [0.15, 0.2) is 28.3 Å². The molecule has 1 saturated heterocycles. The van der Waals surface area contributed by atoms with Gasteiger partial charge in [-0.05, 0) is 29.2 Å². The zero-order chi connectivity index (χ0) is 57.1. The van der Waals surface area contributed by atoms with E-state index < -0.39 is 89.5 Å². The molecule has 4 unspecified atom stereocenters. The SMILES string of the molecule is CC(C)(COP(=O)([O-])OP(=O)([O-])OC[C@H]1O[C@@H](n2cnc3c(N)ncnc32)C(O)[C@H]1OP(=O)([O-])O)[C@@H](O)C(=O)NCCC(=O)NCCSC(=O)CCCCCCCCCCCCCCCNc1ccc([N+](=O)[O-])c2nonc12.[NH4+].[NH4+].[NH4+]. The summed E-state index contributed by atoms with van der Waals surface area (Å²) in [6.07, 6.45) is 7.18. The molecular weight excluding hydrogens is 1160 g/mol. The molecule has 0 bridgehead atoms. The number of aliphatic hydroxyl groups is 2. The molecule has 38 heteroatoms. The van der Waals surface area contributed by atoms with Gasteiger partial charge in [-0.1, -0.05) is 96.2 Å². The number of non-ortho nitro benzene ring substituents is 1. The molecule has 4 heterocycles. The minimum absolute atomic E-state index is 0. The largest absolute Gasteiger partial charge is 0.756 e. The Hall–Kier alpha value is -4.74. The number of hydrogen-bond donors (Lipinski definition) is 10. The quantitative estimate of drug-likeness (QED) is 0.0132. The first kappa shape index (κ1) is 72.4. The number of aliphatic hydroxyl groups excluding tert-OH is 2. The number of quaternary nitrogens is 3. The molecule has 460 valence electrons. The van der Waals surface area contributed by atoms with Gasteiger partial charge in [-0.2, -0.15) is 0 Å². The van der Waals surface area contributed by atoms with Crippen LogP contribution in [0, 0.1) is 15.5 Å². The Morgan fingerprint density at radius 2 is 1.44 bits per heavy atom. The fourth-order valence-electron chi connectivity index (χ4n) is 8.05. The maximum atomic E-state index is 12.7. The predicted octanol–water partition coefficient (Wildman–Crippen LogP) is 3.92. The van der Waals surface area contributed by atoms with E-state index in [2.05, 4.69) is 59.1 Å². The molecule has 1 fully saturated rings. The summed E-state index contributed by atoms with van der Waals surface area (Å²) < 4.78 is 65.9. The monoisotopic (exact) mass is 1230 g/mol. The van der Waals surface area contributed by atoms with Crippen LogP contribution < -0.4 is 54.8 Å². The number of phosphoric acid groups is 3. The second kappa shape index (κ2) is 34.1. The molecule has 1 aliphatic heterocycles. The number of amides is 2. The Morgan fingerprint density at radius 3 is 2.07 bits per heavy atom. The van der Waals surface area contributed by atoms with Crippen molar-refractivity contribution in [1.29, 1.82) is 0 Å². The zero-order valence-electron chi connectivity index (χ0n) is 45.8. The van der Waals surface area contributed by atoms with E-state index in [-0.39, 0.29) is 71.3 Å². The van der Waals surface area contributed by atoms with Crippen molar-refractivity contribution in [3.8, 4) is 0 Å². The van der Waals surface area contributed by atoms with Gasteiger partial charge in [0.2, 0.25) is 17.3 Å². The zero-order valence-corrected chi connectivity index (χ0v) is 49.3. The number of nitrogens with one attached hydrogen (secondary N) is 3. The summed E-state index contributed by atoms with van der Waals surface area (Å²) in [5.74, 6) is -1.19. The standard InChI is InChI=1S/C43H68N11O20P3S.3H3N/c1-43(2,25-70-77(67,68)74-76(65,66)69-24-30-37(72-75(62,63)64)36(57)42(71-30)53-27-50-35-39(44)48-26-49-40(35)53)38(58)41(59)47-21-19-31(55)46-22-23-78-32(56)16-14-12-10-8-6-4-3-5-7-9-11-13-15-20-45-28-17-18-29(54(60)61)34-33(28)51-73-52-34;;;/h17-18,26-27,30,36-38,42,45,57-58H,3-16,19-25H2,1-2H3,(H,46,55)(H,47,59)(H,65,66)(H,67,68)(H2,44,48,49)(H2,62,63,64);3*1H3/t30-,36?,37+,38+,42-;;;/m1.../s1. The van der Waals surface area contributed by atoms with E-state index in [0.29, 0.717) is 23.4 Å². The van der Waals surface area contributed by atoms with E-state index in [9.17, 15) is 68.0 Å². The topological polar surface area (TPSA) is 576 Å². The van der Waals surface area contributed by atoms with Crippen molar-refractivity contribution in [2.75, 3.05) is 49.7 Å². The van der Waals surface area contributed by atoms with E-state index in [1.54, 1.807) is 6.07 Å². The maximum absolute atomic E-state index is 12.7. The van der Waals surface area contributed by atoms with Crippen molar-refractivity contribution in [3.63, 3.8) is 0 Å². The number of carbonyl (C=O) groups is 3. The van der Waals surface area contributed by atoms with Crippen LogP contribution >= 0.6 is 35.2 Å². The number of nitrogens with two attached hydrogens (primary N) is 1. The molecule has 0 saturated carbocycles. The minimum atomic E-state index is -5.92. The first-order valence-corrected chi connectivity index (χ1v) is 30.4. The highest BCUT2D eigenvalue weighted by atomic mass is 32.2. The van der Waals surface area contributed by atoms with Crippen LogP contribution in [0.2, 0.25) is 0 Å². The number of unbranched alkanes of at least 4 members (excludes halogenated alkanes) is 12. The summed E-state index contributed by atoms with van der Waals surface area (Å²) in [5, 5.41) is 48.4. The number of phosphoric ester groups is 3. The van der Waals surface area contributed by atoms with E-state index in [4.69, 9.17) is 15.1 Å². The summed E-state index contributed by atoms with van der Waals surface area (Å²) in [4.78, 5) is 106. The Balaban J connectivity index is 0.00000747. The Morgan fingerprint density at radius 1 is 0.840 bits per heavy atom. The summed E-state index contributed by atoms with van der Waals surface area (Å²) in [6, 6.07) is 3.02. The molecule has 20 N–H and O–H groups in total. The average Bonchev–Trinajstić information content (AvgIpc) is 4.11. The Bertz CT molecular complexity index is 2780. The second-order valence-electron chi connectivity index (χ2n) is 18.8. The first-order valence-electron chi connectivity index (χ1n) is 25.0. The molecule has 3 aromatic heterocycles. The van der Waals surface area contributed by atoms with Crippen LogP contribution in [0.3, 0.4) is 0 Å². The molecule has 0 radical (unpaired) electrons. The smallest absolute Gasteiger partial charge is 0.300 e. The van der Waals surface area contributed by atoms with E-state index in [1.807, 2.05) is 0 Å². The Kier molecular flexibility index (Phi) is 30.5. The number of aromatic nitrogens is 6. The van der Waals surface area contributed by atoms with Crippen LogP contribution in [0.5, 0.6) is 0 Å². The van der Waals surface area contributed by atoms with Gasteiger partial charge in [0.1, 0.15) is 36.3 Å². The van der Waals surface area contributed by atoms with Crippen LogP contribution in [0.1, 0.15) is 116 Å². The molecule has 34 nitrogen and oxygen atoms in total. The minimum Gasteiger partial charge on any atom is -0.756 e. The van der Waals surface area contributed by atoms with E-state index in [1.165, 1.54) is 52.0 Å². The van der Waals surface area contributed by atoms with E-state index >= 15 is 0 Å². The molecule has 81 heavy (non-hydrogen) atoms. The van der Waals surface area contributed by atoms with Crippen LogP contribution in [0.15, 0.2) is 29.4 Å². The third kappa shape index (κ3) is 23.4. The first-order chi connectivity index (χ1) is 36.9. The number of thioether (sulfide) groups is 1. The third-order valence-electron chi connectivity index (χ3n) is 12.2. The highest BCUT2D eigenvalue weighted by Crippen LogP contribution is 2.56. The van der Waals surface area contributed by atoms with Crippen molar-refractivity contribution < 1.29 is 90.0 Å². The maximum Gasteiger partial charge on any atom is 0.300 e. The molecule has 5 rings (SSSR count). The van der Waals surface area contributed by atoms with Gasteiger partial charge >= 0.3 is 5.69 Å². The van der Waals surface area contributed by atoms with Gasteiger partial charge in [-0.25, -0.2) is 23.9 Å². The number of carbonyl (C=O) groups excluding carboxylic acids is 3. The third-order valence-corrected chi connectivity index (χ3v) is 16.2. The summed E-state index contributed by atoms with van der Waals surface area (Å²) in [7, 11) is -17.4. The molecule has 2 amide bonds. The number of nitrogen functional groups attached to an aromatic ring is 1. The molecule has 4 aromatic rings. The van der Waals surface area contributed by atoms with Gasteiger partial charge in [-0.3, -0.25) is 42.8 Å². The van der Waals surface area contributed by atoms with Crippen LogP contribution in [0.25, 0.3) is 22.2 Å². The van der Waals surface area contributed by atoms with Crippen LogP contribution in [0.4, 0.5) is 17.2 Å². The fourth-order valence-corrected chi connectivity index (χ4v) is 11.5. The summed E-state index contributed by atoms with van der Waals surface area (Å²) in [5.41, 5.74) is 5.11. The molecule has 0 spiro atoms.